The highest BCUT2D eigenvalue weighted by atomic mass is 32.1. The number of benzene rings is 1. The minimum Gasteiger partial charge on any atom is -0.272 e. The number of hydrogen-bond acceptors (Lipinski definition) is 2. The van der Waals surface area contributed by atoms with E-state index in [1.165, 1.54) is 56.6 Å². The van der Waals surface area contributed by atoms with Crippen molar-refractivity contribution in [2.75, 3.05) is 0 Å². The highest BCUT2D eigenvalue weighted by Crippen LogP contribution is 2.46. The van der Waals surface area contributed by atoms with Gasteiger partial charge in [0.1, 0.15) is 0 Å². The van der Waals surface area contributed by atoms with Crippen molar-refractivity contribution in [1.82, 2.24) is 9.78 Å². The quantitative estimate of drug-likeness (QED) is 0.595. The van der Waals surface area contributed by atoms with Crippen molar-refractivity contribution < 1.29 is 0 Å². The smallest absolute Gasteiger partial charge is 0.0671 e. The molecule has 0 saturated heterocycles. The highest BCUT2D eigenvalue weighted by Gasteiger charge is 2.25. The molecule has 3 heteroatoms. The number of nitrogens with zero attached hydrogens (tertiary/aromatic N) is 2. The van der Waals surface area contributed by atoms with Gasteiger partial charge in [0.05, 0.1) is 5.69 Å². The van der Waals surface area contributed by atoms with E-state index in [9.17, 15) is 0 Å². The van der Waals surface area contributed by atoms with E-state index in [4.69, 9.17) is 0 Å². The van der Waals surface area contributed by atoms with E-state index >= 15 is 0 Å². The van der Waals surface area contributed by atoms with Gasteiger partial charge in [-0.1, -0.05) is 18.2 Å². The van der Waals surface area contributed by atoms with Gasteiger partial charge >= 0.3 is 0 Å². The summed E-state index contributed by atoms with van der Waals surface area (Å²) >= 11 is 1.92. The van der Waals surface area contributed by atoms with E-state index < -0.39 is 0 Å². The molecule has 0 atom stereocenters. The number of rotatable bonds is 2. The average Bonchev–Trinajstić information content (AvgIpc) is 3.16. The first kappa shape index (κ1) is 14.7. The van der Waals surface area contributed by atoms with Crippen LogP contribution in [0, 0.1) is 20.8 Å². The Morgan fingerprint density at radius 2 is 1.70 bits per heavy atom. The topological polar surface area (TPSA) is 17.8 Å². The molecule has 23 heavy (non-hydrogen) atoms. The molecule has 0 aliphatic heterocycles. The highest BCUT2D eigenvalue weighted by molar-refractivity contribution is 7.19. The van der Waals surface area contributed by atoms with Gasteiger partial charge in [-0.15, -0.1) is 11.3 Å². The Morgan fingerprint density at radius 3 is 2.39 bits per heavy atom. The standard InChI is InChI=1S/C20H22N2S/c1-12-19(13(2)22(4)21-12)15-9-7-10-16(15)20-14(3)23-18-11-6-5-8-17(18)20/h5-6,8,11H,7,9-10H2,1-4H3. The molecule has 0 fully saturated rings. The fourth-order valence-electron chi connectivity index (χ4n) is 4.05. The van der Waals surface area contributed by atoms with Crippen LogP contribution in [0.5, 0.6) is 0 Å². The molecule has 2 aromatic heterocycles. The van der Waals surface area contributed by atoms with Crippen LogP contribution >= 0.6 is 11.3 Å². The van der Waals surface area contributed by atoms with Crippen LogP contribution in [-0.2, 0) is 7.05 Å². The Morgan fingerprint density at radius 1 is 1.00 bits per heavy atom. The maximum absolute atomic E-state index is 4.64. The third-order valence-corrected chi connectivity index (χ3v) is 6.19. The Bertz CT molecular complexity index is 940. The van der Waals surface area contributed by atoms with Crippen molar-refractivity contribution >= 4 is 32.6 Å². The summed E-state index contributed by atoms with van der Waals surface area (Å²) in [5, 5.41) is 6.06. The molecule has 0 amide bonds. The van der Waals surface area contributed by atoms with Gasteiger partial charge in [0.2, 0.25) is 0 Å². The molecule has 1 aliphatic carbocycles. The second-order valence-corrected chi connectivity index (χ2v) is 7.77. The van der Waals surface area contributed by atoms with Crippen LogP contribution in [-0.4, -0.2) is 9.78 Å². The minimum atomic E-state index is 1.16. The van der Waals surface area contributed by atoms with Crippen LogP contribution < -0.4 is 0 Å². The summed E-state index contributed by atoms with van der Waals surface area (Å²) in [6.45, 7) is 6.60. The summed E-state index contributed by atoms with van der Waals surface area (Å²) in [5.74, 6) is 0. The van der Waals surface area contributed by atoms with E-state index in [0.29, 0.717) is 0 Å². The summed E-state index contributed by atoms with van der Waals surface area (Å²) in [7, 11) is 2.05. The summed E-state index contributed by atoms with van der Waals surface area (Å²) in [5.41, 5.74) is 8.40. The molecule has 0 radical (unpaired) electrons. The normalized spacial score (nSPS) is 15.1. The first-order valence-electron chi connectivity index (χ1n) is 8.29. The second kappa shape index (κ2) is 5.34. The van der Waals surface area contributed by atoms with Gasteiger partial charge in [0, 0.05) is 33.3 Å². The number of allylic oxidation sites excluding steroid dienone is 2. The predicted octanol–water partition coefficient (Wildman–Crippen LogP) is 5.65. The first-order valence-corrected chi connectivity index (χ1v) is 9.10. The summed E-state index contributed by atoms with van der Waals surface area (Å²) < 4.78 is 3.42. The summed E-state index contributed by atoms with van der Waals surface area (Å²) in [6.07, 6.45) is 3.61. The van der Waals surface area contributed by atoms with E-state index in [1.54, 1.807) is 5.57 Å². The first-order chi connectivity index (χ1) is 11.1. The molecular weight excluding hydrogens is 300 g/mol. The van der Waals surface area contributed by atoms with E-state index in [-0.39, 0.29) is 0 Å². The molecule has 0 bridgehead atoms. The van der Waals surface area contributed by atoms with Crippen LogP contribution in [0.15, 0.2) is 24.3 Å². The van der Waals surface area contributed by atoms with Crippen molar-refractivity contribution in [2.24, 2.45) is 7.05 Å². The largest absolute Gasteiger partial charge is 0.272 e. The van der Waals surface area contributed by atoms with E-state index in [2.05, 4.69) is 50.1 Å². The fraction of sp³-hybridized carbons (Fsp3) is 0.350. The lowest BCUT2D eigenvalue weighted by molar-refractivity contribution is 0.731. The van der Waals surface area contributed by atoms with Crippen molar-refractivity contribution in [3.63, 3.8) is 0 Å². The molecule has 3 aromatic rings. The van der Waals surface area contributed by atoms with Crippen LogP contribution in [0.1, 0.15) is 46.7 Å². The average molecular weight is 322 g/mol. The van der Waals surface area contributed by atoms with Gasteiger partial charge in [0.15, 0.2) is 0 Å². The maximum atomic E-state index is 4.64. The van der Waals surface area contributed by atoms with Crippen LogP contribution in [0.2, 0.25) is 0 Å². The van der Waals surface area contributed by atoms with Gasteiger partial charge in [-0.25, -0.2) is 0 Å². The number of fused-ring (bicyclic) bond motifs is 1. The molecule has 0 spiro atoms. The monoisotopic (exact) mass is 322 g/mol. The Hall–Kier alpha value is -1.87. The Kier molecular flexibility index (Phi) is 3.42. The molecule has 118 valence electrons. The summed E-state index contributed by atoms with van der Waals surface area (Å²) in [6, 6.07) is 8.82. The van der Waals surface area contributed by atoms with Crippen molar-refractivity contribution in [3.8, 4) is 0 Å². The lowest BCUT2D eigenvalue weighted by Crippen LogP contribution is -1.94. The molecule has 1 aliphatic rings. The minimum absolute atomic E-state index is 1.16. The fourth-order valence-corrected chi connectivity index (χ4v) is 5.14. The molecule has 2 heterocycles. The van der Waals surface area contributed by atoms with E-state index in [0.717, 1.165) is 5.69 Å². The molecule has 1 aromatic carbocycles. The van der Waals surface area contributed by atoms with E-state index in [1.807, 2.05) is 23.1 Å². The number of aryl methyl sites for hydroxylation is 3. The van der Waals surface area contributed by atoms with Gasteiger partial charge in [0.25, 0.3) is 0 Å². The maximum Gasteiger partial charge on any atom is 0.0671 e. The number of hydrogen-bond donors (Lipinski definition) is 0. The van der Waals surface area contributed by atoms with Crippen LogP contribution in [0.25, 0.3) is 21.2 Å². The van der Waals surface area contributed by atoms with Gasteiger partial charge < -0.3 is 0 Å². The van der Waals surface area contributed by atoms with Gasteiger partial charge in [-0.05, 0) is 62.8 Å². The zero-order valence-electron chi connectivity index (χ0n) is 14.2. The zero-order valence-corrected chi connectivity index (χ0v) is 15.0. The van der Waals surface area contributed by atoms with Crippen LogP contribution in [0.3, 0.4) is 0 Å². The third-order valence-electron chi connectivity index (χ3n) is 5.10. The third kappa shape index (κ3) is 2.18. The van der Waals surface area contributed by atoms with Gasteiger partial charge in [-0.3, -0.25) is 4.68 Å². The number of thiophene rings is 1. The SMILES string of the molecule is Cc1nn(C)c(C)c1C1=C(c2c(C)sc3ccccc23)CCC1. The molecule has 0 unspecified atom stereocenters. The number of aromatic nitrogens is 2. The molecule has 0 saturated carbocycles. The molecular formula is C20H22N2S. The molecule has 4 rings (SSSR count). The van der Waals surface area contributed by atoms with Crippen LogP contribution in [0.4, 0.5) is 0 Å². The Labute approximate surface area is 141 Å². The van der Waals surface area contributed by atoms with Crippen molar-refractivity contribution in [2.45, 2.75) is 40.0 Å². The van der Waals surface area contributed by atoms with Gasteiger partial charge in [-0.2, -0.15) is 5.10 Å². The molecule has 2 nitrogen and oxygen atoms in total. The van der Waals surface area contributed by atoms with Crippen molar-refractivity contribution in [3.05, 3.63) is 51.7 Å². The predicted molar refractivity (Wildman–Crippen MR) is 99.9 cm³/mol. The zero-order chi connectivity index (χ0) is 16.1. The lowest BCUT2D eigenvalue weighted by Gasteiger charge is -2.10. The second-order valence-electron chi connectivity index (χ2n) is 6.51. The summed E-state index contributed by atoms with van der Waals surface area (Å²) in [4.78, 5) is 1.44. The Balaban J connectivity index is 2.00. The lowest BCUT2D eigenvalue weighted by atomic mass is 9.94. The molecule has 0 N–H and O–H groups in total. The van der Waals surface area contributed by atoms with Crippen molar-refractivity contribution in [1.29, 1.82) is 0 Å².